The smallest absolute Gasteiger partial charge is 0.265 e. The van der Waals surface area contributed by atoms with Gasteiger partial charge in [-0.1, -0.05) is 30.3 Å². The van der Waals surface area contributed by atoms with Gasteiger partial charge >= 0.3 is 0 Å². The van der Waals surface area contributed by atoms with Crippen LogP contribution in [-0.4, -0.2) is 45.9 Å². The first-order valence-corrected chi connectivity index (χ1v) is 8.87. The maximum absolute atomic E-state index is 12.4. The van der Waals surface area contributed by atoms with E-state index >= 15 is 0 Å². The van der Waals surface area contributed by atoms with Crippen LogP contribution >= 0.6 is 23.7 Å². The number of carbonyl (C=O) groups excluding carboxylic acids is 1. The van der Waals surface area contributed by atoms with Crippen LogP contribution in [0.3, 0.4) is 0 Å². The van der Waals surface area contributed by atoms with E-state index in [0.29, 0.717) is 36.9 Å². The summed E-state index contributed by atoms with van der Waals surface area (Å²) in [4.78, 5) is 14.1. The Morgan fingerprint density at radius 2 is 1.92 bits per heavy atom. The minimum absolute atomic E-state index is 0. The van der Waals surface area contributed by atoms with Crippen molar-refractivity contribution in [2.45, 2.75) is 6.92 Å². The van der Waals surface area contributed by atoms with E-state index in [1.807, 2.05) is 43.3 Å². The Bertz CT molecular complexity index is 635. The quantitative estimate of drug-likeness (QED) is 0.617. The van der Waals surface area contributed by atoms with Gasteiger partial charge in [-0.25, -0.2) is 0 Å². The lowest BCUT2D eigenvalue weighted by Crippen LogP contribution is -2.32. The lowest BCUT2D eigenvalue weighted by atomic mass is 10.2. The second-order valence-electron chi connectivity index (χ2n) is 5.10. The minimum Gasteiger partial charge on any atom is -0.492 e. The molecule has 0 unspecified atom stereocenters. The van der Waals surface area contributed by atoms with E-state index in [-0.39, 0.29) is 18.3 Å². The molecule has 0 aliphatic carbocycles. The van der Waals surface area contributed by atoms with Crippen LogP contribution in [0.1, 0.15) is 16.6 Å². The molecule has 1 heterocycles. The Hall–Kier alpha value is -1.60. The molecule has 0 bridgehead atoms. The first kappa shape index (κ1) is 21.4. The first-order valence-electron chi connectivity index (χ1n) is 8.06. The summed E-state index contributed by atoms with van der Waals surface area (Å²) in [6, 6.07) is 12.0. The van der Waals surface area contributed by atoms with E-state index in [0.717, 1.165) is 17.0 Å². The van der Waals surface area contributed by atoms with Crippen LogP contribution in [0.5, 0.6) is 5.75 Å². The van der Waals surface area contributed by atoms with Gasteiger partial charge in [0.2, 0.25) is 0 Å². The van der Waals surface area contributed by atoms with Crippen molar-refractivity contribution in [1.29, 1.82) is 0 Å². The molecule has 0 fully saturated rings. The van der Waals surface area contributed by atoms with Crippen LogP contribution in [0.15, 0.2) is 36.4 Å². The normalized spacial score (nSPS) is 10.2. The van der Waals surface area contributed by atoms with E-state index in [1.165, 1.54) is 11.3 Å². The van der Waals surface area contributed by atoms with Crippen molar-refractivity contribution in [1.82, 2.24) is 10.6 Å². The minimum atomic E-state index is -0.0980. The summed E-state index contributed by atoms with van der Waals surface area (Å²) in [7, 11) is 1.67. The molecule has 0 spiro atoms. The fourth-order valence-electron chi connectivity index (χ4n) is 2.18. The number of carbonyl (C=O) groups is 1. The Morgan fingerprint density at radius 1 is 1.16 bits per heavy atom. The van der Waals surface area contributed by atoms with Crippen molar-refractivity contribution in [3.63, 3.8) is 0 Å². The third-order valence-electron chi connectivity index (χ3n) is 3.33. The Labute approximate surface area is 159 Å². The Morgan fingerprint density at radius 3 is 2.60 bits per heavy atom. The maximum atomic E-state index is 12.4. The summed E-state index contributed by atoms with van der Waals surface area (Å²) < 4.78 is 10.6. The molecule has 5 nitrogen and oxygen atoms in total. The zero-order valence-electron chi connectivity index (χ0n) is 14.5. The molecule has 2 rings (SSSR count). The summed E-state index contributed by atoms with van der Waals surface area (Å²) in [5, 5.41) is 6.12. The fourth-order valence-corrected chi connectivity index (χ4v) is 3.21. The number of benzene rings is 1. The van der Waals surface area contributed by atoms with Crippen molar-refractivity contribution in [3.05, 3.63) is 41.3 Å². The van der Waals surface area contributed by atoms with E-state index in [1.54, 1.807) is 7.11 Å². The second kappa shape index (κ2) is 11.9. The molecule has 0 atom stereocenters. The summed E-state index contributed by atoms with van der Waals surface area (Å²) in [6.07, 6.45) is 0. The monoisotopic (exact) mass is 384 g/mol. The highest BCUT2D eigenvalue weighted by Gasteiger charge is 2.18. The van der Waals surface area contributed by atoms with Gasteiger partial charge in [0.25, 0.3) is 5.91 Å². The van der Waals surface area contributed by atoms with E-state index in [4.69, 9.17) is 9.47 Å². The van der Waals surface area contributed by atoms with Crippen molar-refractivity contribution >= 4 is 29.7 Å². The molecular formula is C18H25ClN2O3S. The summed E-state index contributed by atoms with van der Waals surface area (Å²) in [6.45, 7) is 5.15. The average Bonchev–Trinajstić information content (AvgIpc) is 3.03. The van der Waals surface area contributed by atoms with Crippen LogP contribution in [0.25, 0.3) is 10.4 Å². The van der Waals surface area contributed by atoms with Gasteiger partial charge in [0.15, 0.2) is 0 Å². The lowest BCUT2D eigenvalue weighted by Gasteiger charge is -2.07. The van der Waals surface area contributed by atoms with E-state index in [2.05, 4.69) is 10.6 Å². The highest BCUT2D eigenvalue weighted by atomic mass is 35.5. The molecule has 2 N–H and O–H groups in total. The van der Waals surface area contributed by atoms with Gasteiger partial charge in [0.05, 0.1) is 13.2 Å². The van der Waals surface area contributed by atoms with Crippen LogP contribution in [0.4, 0.5) is 0 Å². The second-order valence-corrected chi connectivity index (χ2v) is 6.15. The van der Waals surface area contributed by atoms with E-state index < -0.39 is 0 Å². The van der Waals surface area contributed by atoms with E-state index in [9.17, 15) is 4.79 Å². The molecule has 1 amide bonds. The molecule has 0 saturated carbocycles. The molecule has 0 aliphatic heterocycles. The molecule has 7 heteroatoms. The zero-order valence-corrected chi connectivity index (χ0v) is 16.2. The van der Waals surface area contributed by atoms with Crippen molar-refractivity contribution in [2.75, 3.05) is 40.0 Å². The van der Waals surface area contributed by atoms with Crippen LogP contribution in [0.2, 0.25) is 0 Å². The fraction of sp³-hybridized carbons (Fsp3) is 0.389. The SMILES string of the molecule is CCOc1cc(-c2ccccc2)sc1C(=O)NCCNCCOC.Cl. The summed E-state index contributed by atoms with van der Waals surface area (Å²) in [5.74, 6) is 0.547. The number of methoxy groups -OCH3 is 1. The molecule has 2 aromatic rings. The van der Waals surface area contributed by atoms with Crippen LogP contribution in [-0.2, 0) is 4.74 Å². The Balaban J connectivity index is 0.00000312. The number of ether oxygens (including phenoxy) is 2. The highest BCUT2D eigenvalue weighted by Crippen LogP contribution is 2.36. The molecule has 0 saturated heterocycles. The number of nitrogens with one attached hydrogen (secondary N) is 2. The molecule has 138 valence electrons. The molecular weight excluding hydrogens is 360 g/mol. The first-order chi connectivity index (χ1) is 11.8. The largest absolute Gasteiger partial charge is 0.492 e. The van der Waals surface area contributed by atoms with Crippen molar-refractivity contribution in [3.8, 4) is 16.2 Å². The predicted molar refractivity (Wildman–Crippen MR) is 105 cm³/mol. The molecule has 0 radical (unpaired) electrons. The number of hydrogen-bond donors (Lipinski definition) is 2. The Kier molecular flexibility index (Phi) is 10.2. The van der Waals surface area contributed by atoms with Gasteiger partial charge in [-0.2, -0.15) is 0 Å². The third-order valence-corrected chi connectivity index (χ3v) is 4.50. The van der Waals surface area contributed by atoms with Gasteiger partial charge in [-0.15, -0.1) is 23.7 Å². The molecule has 0 aliphatic rings. The van der Waals surface area contributed by atoms with Gasteiger partial charge in [-0.05, 0) is 18.6 Å². The third kappa shape index (κ3) is 6.66. The number of amides is 1. The standard InChI is InChI=1S/C18H24N2O3S.ClH/c1-3-23-15-13-16(14-7-5-4-6-8-14)24-17(15)18(21)20-10-9-19-11-12-22-2;/h4-8,13,19H,3,9-12H2,1-2H3,(H,20,21);1H. The van der Waals surface area contributed by atoms with Gasteiger partial charge < -0.3 is 20.1 Å². The van der Waals surface area contributed by atoms with Gasteiger partial charge in [0.1, 0.15) is 10.6 Å². The topological polar surface area (TPSA) is 59.6 Å². The summed E-state index contributed by atoms with van der Waals surface area (Å²) in [5.41, 5.74) is 1.09. The summed E-state index contributed by atoms with van der Waals surface area (Å²) >= 11 is 1.46. The number of halogens is 1. The van der Waals surface area contributed by atoms with Crippen molar-refractivity contribution in [2.24, 2.45) is 0 Å². The molecule has 1 aromatic heterocycles. The van der Waals surface area contributed by atoms with Crippen LogP contribution < -0.4 is 15.4 Å². The van der Waals surface area contributed by atoms with Crippen LogP contribution in [0, 0.1) is 0 Å². The number of rotatable bonds is 10. The van der Waals surface area contributed by atoms with Gasteiger partial charge in [-0.3, -0.25) is 4.79 Å². The number of hydrogen-bond acceptors (Lipinski definition) is 5. The maximum Gasteiger partial charge on any atom is 0.265 e. The average molecular weight is 385 g/mol. The van der Waals surface area contributed by atoms with Crippen molar-refractivity contribution < 1.29 is 14.3 Å². The predicted octanol–water partition coefficient (Wildman–Crippen LogP) is 3.20. The molecule has 1 aromatic carbocycles. The lowest BCUT2D eigenvalue weighted by molar-refractivity contribution is 0.0954. The number of thiophene rings is 1. The zero-order chi connectivity index (χ0) is 17.2. The highest BCUT2D eigenvalue weighted by molar-refractivity contribution is 7.17. The molecule has 25 heavy (non-hydrogen) atoms. The van der Waals surface area contributed by atoms with Gasteiger partial charge in [0, 0.05) is 31.6 Å².